The smallest absolute Gasteiger partial charge is 0.193 e. The van der Waals surface area contributed by atoms with E-state index in [9.17, 15) is 15.3 Å². The highest BCUT2D eigenvalue weighted by Crippen LogP contribution is 2.59. The molecule has 2 fully saturated rings. The highest BCUT2D eigenvalue weighted by atomic mass is 16.5. The van der Waals surface area contributed by atoms with E-state index in [2.05, 4.69) is 37.0 Å². The van der Waals surface area contributed by atoms with Gasteiger partial charge in [0, 0.05) is 42.8 Å². The molecule has 3 N–H and O–H groups in total. The summed E-state index contributed by atoms with van der Waals surface area (Å²) in [5.41, 5.74) is 5.64. The number of rotatable bonds is 13. The van der Waals surface area contributed by atoms with Crippen LogP contribution in [0, 0.1) is 5.41 Å². The number of hydrogen-bond acceptors (Lipinski definition) is 7. The maximum absolute atomic E-state index is 15.0. The van der Waals surface area contributed by atoms with E-state index in [-0.39, 0.29) is 24.4 Å². The lowest BCUT2D eigenvalue weighted by atomic mass is 9.64. The average molecular weight is 772 g/mol. The van der Waals surface area contributed by atoms with E-state index >= 15 is 4.79 Å². The zero-order valence-electron chi connectivity index (χ0n) is 33.8. The van der Waals surface area contributed by atoms with Crippen LogP contribution in [0.2, 0.25) is 0 Å². The molecule has 4 aromatic carbocycles. The van der Waals surface area contributed by atoms with Gasteiger partial charge in [-0.2, -0.15) is 0 Å². The van der Waals surface area contributed by atoms with E-state index in [0.717, 1.165) is 72.9 Å². The quantitative estimate of drug-likeness (QED) is 0.0925. The summed E-state index contributed by atoms with van der Waals surface area (Å²) in [6, 6.07) is 34.1. The molecule has 4 aliphatic rings. The molecule has 7 nitrogen and oxygen atoms in total. The van der Waals surface area contributed by atoms with E-state index in [0.29, 0.717) is 56.6 Å². The highest BCUT2D eigenvalue weighted by molar-refractivity contribution is 6.13. The van der Waals surface area contributed by atoms with Crippen molar-refractivity contribution >= 4 is 5.78 Å². The normalized spacial score (nSPS) is 25.9. The summed E-state index contributed by atoms with van der Waals surface area (Å²) in [5, 5.41) is 35.7. The van der Waals surface area contributed by atoms with E-state index in [1.165, 1.54) is 5.57 Å². The Hall–Kier alpha value is -3.95. The minimum Gasteiger partial charge on any atom is -0.393 e. The van der Waals surface area contributed by atoms with Crippen LogP contribution in [0.25, 0.3) is 11.1 Å². The third-order valence-electron chi connectivity index (χ3n) is 13.0. The Morgan fingerprint density at radius 1 is 0.930 bits per heavy atom. The van der Waals surface area contributed by atoms with Crippen LogP contribution in [0.5, 0.6) is 0 Å². The van der Waals surface area contributed by atoms with Crippen molar-refractivity contribution in [3.63, 3.8) is 0 Å². The minimum atomic E-state index is -1.11. The highest BCUT2D eigenvalue weighted by Gasteiger charge is 2.57. The van der Waals surface area contributed by atoms with Gasteiger partial charge < -0.3 is 24.8 Å². The summed E-state index contributed by atoms with van der Waals surface area (Å²) >= 11 is 0. The molecule has 6 atom stereocenters. The summed E-state index contributed by atoms with van der Waals surface area (Å²) in [7, 11) is 0. The third-order valence-corrected chi connectivity index (χ3v) is 13.0. The van der Waals surface area contributed by atoms with Gasteiger partial charge in [0.1, 0.15) is 0 Å². The fraction of sp³-hybridized carbons (Fsp3) is 0.460. The van der Waals surface area contributed by atoms with Crippen molar-refractivity contribution in [2.45, 2.75) is 108 Å². The molecule has 8 rings (SSSR count). The molecule has 1 saturated heterocycles. The first kappa shape index (κ1) is 41.2. The molecule has 0 radical (unpaired) electrons. The summed E-state index contributed by atoms with van der Waals surface area (Å²) in [6.07, 6.45) is 7.71. The van der Waals surface area contributed by atoms with Crippen molar-refractivity contribution in [3.8, 4) is 11.1 Å². The number of carbonyl (C=O) groups excluding carboxylic acids is 1. The number of ether oxygens (including phenoxy) is 2. The summed E-state index contributed by atoms with van der Waals surface area (Å²) < 4.78 is 12.1. The summed E-state index contributed by atoms with van der Waals surface area (Å²) in [5.74, 6) is -0.148. The maximum Gasteiger partial charge on any atom is 0.193 e. The van der Waals surface area contributed by atoms with Crippen LogP contribution in [0.15, 0.2) is 115 Å². The second-order valence-electron chi connectivity index (χ2n) is 17.2. The molecule has 302 valence electrons. The minimum absolute atomic E-state index is 0.0416. The van der Waals surface area contributed by atoms with Crippen molar-refractivity contribution in [1.29, 1.82) is 0 Å². The predicted molar refractivity (Wildman–Crippen MR) is 226 cm³/mol. The van der Waals surface area contributed by atoms with Gasteiger partial charge in [-0.3, -0.25) is 9.69 Å². The summed E-state index contributed by atoms with van der Waals surface area (Å²) in [6.45, 7) is 7.07. The van der Waals surface area contributed by atoms with Crippen LogP contribution in [0.1, 0.15) is 104 Å². The molecule has 57 heavy (non-hydrogen) atoms. The lowest BCUT2D eigenvalue weighted by Crippen LogP contribution is -2.55. The molecule has 0 amide bonds. The Kier molecular flexibility index (Phi) is 13.6. The molecule has 1 heterocycles. The molecule has 0 aromatic heterocycles. The first-order valence-electron chi connectivity index (χ1n) is 21.1. The van der Waals surface area contributed by atoms with Crippen molar-refractivity contribution in [1.82, 2.24) is 4.90 Å². The monoisotopic (exact) mass is 771 g/mol. The van der Waals surface area contributed by atoms with E-state index in [4.69, 9.17) is 9.47 Å². The molecule has 4 aromatic rings. The second-order valence-corrected chi connectivity index (χ2v) is 17.2. The number of nitrogens with zero attached hydrogens (tertiary/aromatic N) is 1. The number of aliphatic hydroxyl groups excluding tert-OH is 2. The summed E-state index contributed by atoms with van der Waals surface area (Å²) in [4.78, 5) is 17.2. The average Bonchev–Trinajstić information content (AvgIpc) is 3.82. The van der Waals surface area contributed by atoms with Gasteiger partial charge in [0.2, 0.25) is 0 Å². The van der Waals surface area contributed by atoms with Gasteiger partial charge in [0.05, 0.1) is 37.1 Å². The largest absolute Gasteiger partial charge is 0.393 e. The van der Waals surface area contributed by atoms with Crippen LogP contribution < -0.4 is 0 Å². The van der Waals surface area contributed by atoms with E-state index in [1.807, 2.05) is 91.0 Å². The number of hydrogen-bond donors (Lipinski definition) is 3. The van der Waals surface area contributed by atoms with Gasteiger partial charge in [-0.1, -0.05) is 116 Å². The van der Waals surface area contributed by atoms with Crippen LogP contribution in [-0.2, 0) is 22.5 Å². The Balaban J connectivity index is 1.23. The molecular formula is C50H61NO6. The Bertz CT molecular complexity index is 1960. The number of ketones is 1. The second kappa shape index (κ2) is 18.8. The van der Waals surface area contributed by atoms with Crippen molar-refractivity contribution < 1.29 is 29.6 Å². The molecule has 0 spiro atoms. The van der Waals surface area contributed by atoms with Gasteiger partial charge in [-0.05, 0) is 105 Å². The number of aliphatic hydroxyl groups is 3. The van der Waals surface area contributed by atoms with E-state index < -0.39 is 23.2 Å². The zero-order chi connectivity index (χ0) is 39.8. The van der Waals surface area contributed by atoms with Crippen molar-refractivity contribution in [2.75, 3.05) is 32.8 Å². The fourth-order valence-electron chi connectivity index (χ4n) is 9.78. The third kappa shape index (κ3) is 9.85. The van der Waals surface area contributed by atoms with Crippen LogP contribution >= 0.6 is 0 Å². The van der Waals surface area contributed by atoms with Gasteiger partial charge in [0.15, 0.2) is 5.78 Å². The van der Waals surface area contributed by atoms with Crippen molar-refractivity contribution in [2.24, 2.45) is 5.41 Å². The molecule has 1 saturated carbocycles. The van der Waals surface area contributed by atoms with Gasteiger partial charge in [-0.25, -0.2) is 0 Å². The van der Waals surface area contributed by atoms with Crippen LogP contribution in [-0.4, -0.2) is 82.8 Å². The molecule has 7 heteroatoms. The first-order valence-corrected chi connectivity index (χ1v) is 21.1. The molecule has 3 aliphatic carbocycles. The Labute approximate surface area is 339 Å². The SMILES string of the molecule is CC1=CCC[C@@]2(C)[C@@H](CC[C@@]2(O)CN(C[C@@H](O)COCc2ccccc2)C[C@H]2CCCO2)c2ccc(cc2C(=O)c2ccccc2-c2ccccc2)C[C@@H](O)CC1. The lowest BCUT2D eigenvalue weighted by molar-refractivity contribution is -0.0961. The Morgan fingerprint density at radius 2 is 1.68 bits per heavy atom. The number of allylic oxidation sites excluding steroid dienone is 2. The van der Waals surface area contributed by atoms with Crippen LogP contribution in [0.3, 0.4) is 0 Å². The van der Waals surface area contributed by atoms with Gasteiger partial charge >= 0.3 is 0 Å². The number of fused-ring (bicyclic) bond motifs is 8. The topological polar surface area (TPSA) is 99.5 Å². The fourth-order valence-corrected chi connectivity index (χ4v) is 9.78. The number of carbonyl (C=O) groups is 1. The molecule has 1 aliphatic heterocycles. The molecular weight excluding hydrogens is 711 g/mol. The number of benzene rings is 4. The molecule has 0 unspecified atom stereocenters. The Morgan fingerprint density at radius 3 is 2.46 bits per heavy atom. The van der Waals surface area contributed by atoms with Crippen LogP contribution in [0.4, 0.5) is 0 Å². The van der Waals surface area contributed by atoms with Crippen molar-refractivity contribution in [3.05, 3.63) is 143 Å². The predicted octanol–water partition coefficient (Wildman–Crippen LogP) is 8.68. The lowest BCUT2D eigenvalue weighted by Gasteiger charge is -2.46. The standard InChI is InChI=1S/C50H61NO6/c1-36-13-11-26-49(2)47(25-27-50(49,55)35-51(32-42-18-12-28-57-42)31-41(53)34-56-33-37-14-5-3-6-15-37)44-24-22-38(29-40(52)23-21-36)30-46(44)48(54)45-20-10-9-19-43(45)39-16-7-4-8-17-39/h3-10,13-17,19-20,22,24,30,40-42,47,52-53,55H,11-12,18,21,23,25-29,31-35H2,1-2H3/t40-,41+,42+,47-,49-,50+/m0/s1. The molecule has 2 bridgehead atoms. The zero-order valence-corrected chi connectivity index (χ0v) is 33.8. The van der Waals surface area contributed by atoms with Gasteiger partial charge in [-0.15, -0.1) is 0 Å². The maximum atomic E-state index is 15.0. The first-order chi connectivity index (χ1) is 27.6. The van der Waals surface area contributed by atoms with Gasteiger partial charge in [0.25, 0.3) is 0 Å². The van der Waals surface area contributed by atoms with E-state index in [1.54, 1.807) is 0 Å².